The van der Waals surface area contributed by atoms with E-state index in [-0.39, 0.29) is 34.6 Å². The van der Waals surface area contributed by atoms with Gasteiger partial charge in [0.25, 0.3) is 0 Å². The maximum atomic E-state index is 12.9. The third-order valence-electron chi connectivity index (χ3n) is 2.98. The molecule has 1 N–H and O–H groups in total. The predicted octanol–water partition coefficient (Wildman–Crippen LogP) is 2.86. The van der Waals surface area contributed by atoms with Gasteiger partial charge in [0.15, 0.2) is 11.5 Å². The van der Waals surface area contributed by atoms with Gasteiger partial charge in [-0.2, -0.15) is 13.2 Å². The number of benzene rings is 1. The van der Waals surface area contributed by atoms with E-state index in [1.807, 2.05) is 0 Å². The van der Waals surface area contributed by atoms with Crippen molar-refractivity contribution in [3.63, 3.8) is 0 Å². The van der Waals surface area contributed by atoms with Crippen LogP contribution in [0.1, 0.15) is 5.56 Å². The monoisotopic (exact) mass is 322 g/mol. The lowest BCUT2D eigenvalue weighted by atomic mass is 10.0. The first-order valence-electron chi connectivity index (χ1n) is 5.59. The molecule has 3 rings (SSSR count). The van der Waals surface area contributed by atoms with Crippen molar-refractivity contribution in [2.45, 2.75) is 12.3 Å². The highest BCUT2D eigenvalue weighted by atomic mass is 35.5. The summed E-state index contributed by atoms with van der Waals surface area (Å²) in [5, 5.41) is 8.88. The second-order valence-corrected chi connectivity index (χ2v) is 4.66. The zero-order valence-electron chi connectivity index (χ0n) is 10.0. The number of aliphatic carboxylic acids is 1. The van der Waals surface area contributed by atoms with Gasteiger partial charge in [-0.25, -0.2) is 4.79 Å². The molecule has 0 unspecified atom stereocenters. The van der Waals surface area contributed by atoms with Crippen LogP contribution in [0.2, 0.25) is 5.02 Å². The van der Waals surface area contributed by atoms with Crippen LogP contribution >= 0.6 is 11.6 Å². The van der Waals surface area contributed by atoms with Crippen molar-refractivity contribution in [1.82, 2.24) is 0 Å². The Morgan fingerprint density at radius 3 is 2.67 bits per heavy atom. The van der Waals surface area contributed by atoms with E-state index in [1.165, 1.54) is 6.07 Å². The van der Waals surface area contributed by atoms with Crippen LogP contribution in [0.5, 0.6) is 17.2 Å². The topological polar surface area (TPSA) is 65.0 Å². The van der Waals surface area contributed by atoms with Gasteiger partial charge < -0.3 is 19.3 Å². The fourth-order valence-electron chi connectivity index (χ4n) is 2.07. The fourth-order valence-corrected chi connectivity index (χ4v) is 2.36. The lowest BCUT2D eigenvalue weighted by Gasteiger charge is -2.27. The first kappa shape index (κ1) is 13.9. The van der Waals surface area contributed by atoms with Gasteiger partial charge in [0.2, 0.25) is 12.9 Å². The smallest absolute Gasteiger partial charge is 0.430 e. The van der Waals surface area contributed by atoms with E-state index in [0.29, 0.717) is 0 Å². The quantitative estimate of drug-likeness (QED) is 0.861. The lowest BCUT2D eigenvalue weighted by molar-refractivity contribution is -0.187. The molecular weight excluding hydrogens is 317 g/mol. The summed E-state index contributed by atoms with van der Waals surface area (Å²) in [6, 6.07) is 1.19. The van der Waals surface area contributed by atoms with E-state index < -0.39 is 23.8 Å². The second kappa shape index (κ2) is 4.45. The molecule has 0 aromatic heterocycles. The first-order valence-corrected chi connectivity index (χ1v) is 5.97. The average molecular weight is 323 g/mol. The number of carboxylic acids is 1. The minimum atomic E-state index is -4.87. The van der Waals surface area contributed by atoms with E-state index >= 15 is 0 Å². The van der Waals surface area contributed by atoms with Crippen LogP contribution in [0.3, 0.4) is 0 Å². The van der Waals surface area contributed by atoms with Crippen molar-refractivity contribution in [2.75, 3.05) is 6.79 Å². The van der Waals surface area contributed by atoms with Crippen LogP contribution in [0, 0.1) is 0 Å². The second-order valence-electron chi connectivity index (χ2n) is 4.28. The fraction of sp³-hybridized carbons (Fsp3) is 0.250. The van der Waals surface area contributed by atoms with Crippen molar-refractivity contribution in [3.8, 4) is 17.2 Å². The van der Waals surface area contributed by atoms with E-state index in [9.17, 15) is 18.0 Å². The summed E-state index contributed by atoms with van der Waals surface area (Å²) in [6.07, 6.45) is -6.60. The molecule has 0 spiro atoms. The van der Waals surface area contributed by atoms with Crippen molar-refractivity contribution in [3.05, 3.63) is 22.2 Å². The molecule has 0 aliphatic carbocycles. The average Bonchev–Trinajstić information content (AvgIpc) is 2.85. The van der Waals surface area contributed by atoms with Crippen molar-refractivity contribution < 1.29 is 37.3 Å². The molecule has 112 valence electrons. The largest absolute Gasteiger partial charge is 0.478 e. The molecule has 0 amide bonds. The van der Waals surface area contributed by atoms with Gasteiger partial charge in [-0.15, -0.1) is 0 Å². The summed E-state index contributed by atoms with van der Waals surface area (Å²) in [5.41, 5.74) is -0.936. The van der Waals surface area contributed by atoms with Crippen LogP contribution in [-0.4, -0.2) is 30.1 Å². The standard InChI is InChI=1S/C12H6ClF3O5/c13-8-4-1-5(11(17)18)10(12(14,15)16)21-6(4)2-7-9(8)20-3-19-7/h1-2,10H,3H2,(H,17,18)/t10-/m0/s1. The molecule has 1 aromatic rings. The Kier molecular flexibility index (Phi) is 2.94. The molecular formula is C12H6ClF3O5. The third kappa shape index (κ3) is 2.15. The van der Waals surface area contributed by atoms with E-state index in [2.05, 4.69) is 0 Å². The van der Waals surface area contributed by atoms with Crippen molar-refractivity contribution >= 4 is 23.6 Å². The Morgan fingerprint density at radius 1 is 1.33 bits per heavy atom. The van der Waals surface area contributed by atoms with Gasteiger partial charge >= 0.3 is 12.1 Å². The number of alkyl halides is 3. The lowest BCUT2D eigenvalue weighted by Crippen LogP contribution is -2.40. The minimum Gasteiger partial charge on any atom is -0.478 e. The molecule has 0 saturated heterocycles. The summed E-state index contributed by atoms with van der Waals surface area (Å²) in [5.74, 6) is -1.66. The number of carboxylic acid groups (broad SMARTS) is 1. The Morgan fingerprint density at radius 2 is 2.05 bits per heavy atom. The molecule has 21 heavy (non-hydrogen) atoms. The van der Waals surface area contributed by atoms with Crippen LogP contribution < -0.4 is 14.2 Å². The molecule has 2 aliphatic rings. The first-order chi connectivity index (χ1) is 9.79. The number of hydrogen-bond acceptors (Lipinski definition) is 4. The van der Waals surface area contributed by atoms with Crippen LogP contribution in [0.25, 0.3) is 6.08 Å². The minimum absolute atomic E-state index is 0.0128. The summed E-state index contributed by atoms with van der Waals surface area (Å²) in [6.45, 7) is -0.129. The van der Waals surface area contributed by atoms with Gasteiger partial charge in [0.1, 0.15) is 5.75 Å². The van der Waals surface area contributed by atoms with E-state index in [0.717, 1.165) is 6.08 Å². The highest BCUT2D eigenvalue weighted by Crippen LogP contribution is 2.49. The van der Waals surface area contributed by atoms with Gasteiger partial charge in [0.05, 0.1) is 10.6 Å². The Balaban J connectivity index is 2.18. The molecule has 0 radical (unpaired) electrons. The number of rotatable bonds is 1. The summed E-state index contributed by atoms with van der Waals surface area (Å²) in [4.78, 5) is 11.0. The Hall–Kier alpha value is -2.09. The third-order valence-corrected chi connectivity index (χ3v) is 3.35. The molecule has 0 saturated carbocycles. The van der Waals surface area contributed by atoms with Crippen molar-refractivity contribution in [1.29, 1.82) is 0 Å². The number of halogens is 4. The molecule has 5 nitrogen and oxygen atoms in total. The number of carbonyl (C=O) groups is 1. The van der Waals surface area contributed by atoms with Crippen molar-refractivity contribution in [2.24, 2.45) is 0 Å². The predicted molar refractivity (Wildman–Crippen MR) is 63.7 cm³/mol. The highest BCUT2D eigenvalue weighted by Gasteiger charge is 2.49. The SMILES string of the molecule is O=C(O)C1=Cc2c(cc3c(c2Cl)OCO3)O[C@@H]1C(F)(F)F. The van der Waals surface area contributed by atoms with E-state index in [4.69, 9.17) is 30.9 Å². The van der Waals surface area contributed by atoms with Gasteiger partial charge in [-0.3, -0.25) is 0 Å². The van der Waals surface area contributed by atoms with Gasteiger partial charge in [-0.1, -0.05) is 11.6 Å². The molecule has 1 atom stereocenters. The van der Waals surface area contributed by atoms with Crippen LogP contribution in [-0.2, 0) is 4.79 Å². The van der Waals surface area contributed by atoms with Gasteiger partial charge in [-0.05, 0) is 6.08 Å². The number of fused-ring (bicyclic) bond motifs is 2. The normalized spacial score (nSPS) is 19.6. The highest BCUT2D eigenvalue weighted by molar-refractivity contribution is 6.34. The summed E-state index contributed by atoms with van der Waals surface area (Å²) < 4.78 is 53.6. The maximum Gasteiger partial charge on any atom is 0.430 e. The molecule has 0 bridgehead atoms. The number of hydrogen-bond donors (Lipinski definition) is 1. The molecule has 2 heterocycles. The number of ether oxygens (including phenoxy) is 3. The van der Waals surface area contributed by atoms with Crippen LogP contribution in [0.15, 0.2) is 11.6 Å². The van der Waals surface area contributed by atoms with Gasteiger partial charge in [0, 0.05) is 11.6 Å². The molecule has 2 aliphatic heterocycles. The maximum absolute atomic E-state index is 12.9. The van der Waals surface area contributed by atoms with E-state index in [1.54, 1.807) is 0 Å². The zero-order chi connectivity index (χ0) is 15.4. The molecule has 1 aromatic carbocycles. The summed E-state index contributed by atoms with van der Waals surface area (Å²) in [7, 11) is 0. The molecule has 0 fully saturated rings. The zero-order valence-corrected chi connectivity index (χ0v) is 10.8. The van der Waals surface area contributed by atoms with Crippen LogP contribution in [0.4, 0.5) is 13.2 Å². The molecule has 9 heteroatoms. The Bertz CT molecular complexity index is 668. The summed E-state index contributed by atoms with van der Waals surface area (Å²) >= 11 is 6.00. The Labute approximate surface area is 120 Å².